The lowest BCUT2D eigenvalue weighted by atomic mass is 10.0. The van der Waals surface area contributed by atoms with Crippen LogP contribution >= 0.6 is 11.3 Å². The fourth-order valence-electron chi connectivity index (χ4n) is 3.30. The van der Waals surface area contributed by atoms with Crippen LogP contribution < -0.4 is 11.1 Å². The first-order valence-corrected chi connectivity index (χ1v) is 10.2. The number of piperidine rings is 1. The van der Waals surface area contributed by atoms with E-state index in [1.165, 1.54) is 11.3 Å². The SMILES string of the molecule is CN1CCc2nc(C(=O)N[C@H]3CCN(C(=O)OC(C)(C)C)CC3N)sc2C1. The lowest BCUT2D eigenvalue weighted by Crippen LogP contribution is -2.59. The minimum atomic E-state index is -0.537. The molecular weight excluding hydrogens is 366 g/mol. The molecule has 8 nitrogen and oxygen atoms in total. The molecule has 0 aliphatic carbocycles. The minimum Gasteiger partial charge on any atom is -0.444 e. The number of amides is 2. The van der Waals surface area contributed by atoms with Crippen molar-refractivity contribution in [2.75, 3.05) is 26.7 Å². The molecule has 1 fully saturated rings. The van der Waals surface area contributed by atoms with Gasteiger partial charge in [0.2, 0.25) is 0 Å². The molecule has 1 aromatic heterocycles. The highest BCUT2D eigenvalue weighted by atomic mass is 32.1. The zero-order chi connectivity index (χ0) is 19.8. The Kier molecular flexibility index (Phi) is 5.73. The van der Waals surface area contributed by atoms with Crippen LogP contribution in [-0.4, -0.2) is 71.2 Å². The normalized spacial score (nSPS) is 23.7. The number of hydrogen-bond donors (Lipinski definition) is 2. The van der Waals surface area contributed by atoms with Crippen molar-refractivity contribution < 1.29 is 14.3 Å². The molecule has 3 rings (SSSR count). The Balaban J connectivity index is 1.56. The maximum absolute atomic E-state index is 12.6. The van der Waals surface area contributed by atoms with E-state index in [2.05, 4.69) is 22.2 Å². The van der Waals surface area contributed by atoms with E-state index in [9.17, 15) is 9.59 Å². The van der Waals surface area contributed by atoms with Crippen molar-refractivity contribution in [3.8, 4) is 0 Å². The van der Waals surface area contributed by atoms with Gasteiger partial charge in [0.1, 0.15) is 5.60 Å². The third-order valence-electron chi connectivity index (χ3n) is 4.74. The van der Waals surface area contributed by atoms with Crippen LogP contribution in [0, 0.1) is 0 Å². The highest BCUT2D eigenvalue weighted by Gasteiger charge is 2.33. The molecule has 0 aromatic carbocycles. The summed E-state index contributed by atoms with van der Waals surface area (Å²) in [5.74, 6) is -0.178. The van der Waals surface area contributed by atoms with Gasteiger partial charge in [-0.15, -0.1) is 11.3 Å². The Morgan fingerprint density at radius 2 is 2.07 bits per heavy atom. The van der Waals surface area contributed by atoms with Gasteiger partial charge in [-0.2, -0.15) is 0 Å². The number of fused-ring (bicyclic) bond motifs is 1. The van der Waals surface area contributed by atoms with Crippen LogP contribution in [0.1, 0.15) is 47.6 Å². The molecular formula is C18H29N5O3S. The number of thiazole rings is 1. The lowest BCUT2D eigenvalue weighted by molar-refractivity contribution is 0.0179. The number of nitrogens with zero attached hydrogens (tertiary/aromatic N) is 3. The molecule has 9 heteroatoms. The second-order valence-electron chi connectivity index (χ2n) is 8.34. The second-order valence-corrected chi connectivity index (χ2v) is 9.42. The van der Waals surface area contributed by atoms with Gasteiger partial charge in [0.25, 0.3) is 5.91 Å². The summed E-state index contributed by atoms with van der Waals surface area (Å²) in [4.78, 5) is 34.3. The number of likely N-dealkylation sites (tertiary alicyclic amines) is 1. The summed E-state index contributed by atoms with van der Waals surface area (Å²) in [5.41, 5.74) is 6.72. The molecule has 27 heavy (non-hydrogen) atoms. The quantitative estimate of drug-likeness (QED) is 0.780. The molecule has 1 aromatic rings. The maximum Gasteiger partial charge on any atom is 0.410 e. The molecule has 0 radical (unpaired) electrons. The van der Waals surface area contributed by atoms with Crippen LogP contribution in [-0.2, 0) is 17.7 Å². The van der Waals surface area contributed by atoms with Crippen LogP contribution in [0.5, 0.6) is 0 Å². The van der Waals surface area contributed by atoms with Crippen molar-refractivity contribution >= 4 is 23.3 Å². The fraction of sp³-hybridized carbons (Fsp3) is 0.722. The molecule has 3 N–H and O–H groups in total. The first-order chi connectivity index (χ1) is 12.6. The zero-order valence-electron chi connectivity index (χ0n) is 16.4. The van der Waals surface area contributed by atoms with Crippen molar-refractivity contribution in [3.05, 3.63) is 15.6 Å². The van der Waals surface area contributed by atoms with Gasteiger partial charge in [0.15, 0.2) is 5.01 Å². The summed E-state index contributed by atoms with van der Waals surface area (Å²) in [7, 11) is 2.07. The summed E-state index contributed by atoms with van der Waals surface area (Å²) in [5, 5.41) is 3.50. The Morgan fingerprint density at radius 3 is 2.74 bits per heavy atom. The Morgan fingerprint density at radius 1 is 1.33 bits per heavy atom. The predicted molar refractivity (Wildman–Crippen MR) is 104 cm³/mol. The molecule has 150 valence electrons. The van der Waals surface area contributed by atoms with Crippen LogP contribution in [0.4, 0.5) is 4.79 Å². The van der Waals surface area contributed by atoms with Gasteiger partial charge in [-0.1, -0.05) is 0 Å². The molecule has 0 saturated carbocycles. The first kappa shape index (κ1) is 20.0. The second kappa shape index (κ2) is 7.73. The van der Waals surface area contributed by atoms with Crippen LogP contribution in [0.15, 0.2) is 0 Å². The third kappa shape index (κ3) is 4.97. The third-order valence-corrected chi connectivity index (χ3v) is 5.82. The molecule has 3 heterocycles. The highest BCUT2D eigenvalue weighted by Crippen LogP contribution is 2.25. The summed E-state index contributed by atoms with van der Waals surface area (Å²) in [6, 6.07) is -0.518. The van der Waals surface area contributed by atoms with Gasteiger partial charge in [0, 0.05) is 49.6 Å². The summed E-state index contributed by atoms with van der Waals surface area (Å²) in [6.07, 6.45) is 1.11. The largest absolute Gasteiger partial charge is 0.444 e. The van der Waals surface area contributed by atoms with Crippen molar-refractivity contribution in [2.24, 2.45) is 5.73 Å². The Hall–Kier alpha value is -1.71. The van der Waals surface area contributed by atoms with E-state index < -0.39 is 5.60 Å². The smallest absolute Gasteiger partial charge is 0.410 e. The number of likely N-dealkylation sites (N-methyl/N-ethyl adjacent to an activating group) is 1. The first-order valence-electron chi connectivity index (χ1n) is 9.34. The van der Waals surface area contributed by atoms with Gasteiger partial charge >= 0.3 is 6.09 Å². The number of nitrogens with one attached hydrogen (secondary N) is 1. The number of ether oxygens (including phenoxy) is 1. The van der Waals surface area contributed by atoms with E-state index in [-0.39, 0.29) is 24.1 Å². The van der Waals surface area contributed by atoms with E-state index >= 15 is 0 Å². The number of rotatable bonds is 2. The number of carbonyl (C=O) groups is 2. The predicted octanol–water partition coefficient (Wildman–Crippen LogP) is 1.20. The fourth-order valence-corrected chi connectivity index (χ4v) is 4.40. The number of nitrogens with two attached hydrogens (primary N) is 1. The molecule has 0 spiro atoms. The monoisotopic (exact) mass is 395 g/mol. The van der Waals surface area contributed by atoms with Crippen LogP contribution in [0.25, 0.3) is 0 Å². The summed E-state index contributed by atoms with van der Waals surface area (Å²) >= 11 is 1.46. The Bertz CT molecular complexity index is 714. The zero-order valence-corrected chi connectivity index (χ0v) is 17.3. The molecule has 1 unspecified atom stereocenters. The van der Waals surface area contributed by atoms with Gasteiger partial charge < -0.3 is 25.6 Å². The van der Waals surface area contributed by atoms with E-state index in [4.69, 9.17) is 10.5 Å². The molecule has 2 atom stereocenters. The van der Waals surface area contributed by atoms with Crippen molar-refractivity contribution in [2.45, 2.75) is 57.8 Å². The number of carbonyl (C=O) groups excluding carboxylic acids is 2. The molecule has 2 aliphatic heterocycles. The van der Waals surface area contributed by atoms with Crippen LogP contribution in [0.2, 0.25) is 0 Å². The Labute approximate surface area is 164 Å². The lowest BCUT2D eigenvalue weighted by Gasteiger charge is -2.37. The highest BCUT2D eigenvalue weighted by molar-refractivity contribution is 7.13. The van der Waals surface area contributed by atoms with Gasteiger partial charge in [-0.25, -0.2) is 9.78 Å². The number of aromatic nitrogens is 1. The van der Waals surface area contributed by atoms with Crippen molar-refractivity contribution in [3.63, 3.8) is 0 Å². The van der Waals surface area contributed by atoms with Crippen LogP contribution in [0.3, 0.4) is 0 Å². The van der Waals surface area contributed by atoms with E-state index in [0.29, 0.717) is 24.5 Å². The van der Waals surface area contributed by atoms with Crippen molar-refractivity contribution in [1.82, 2.24) is 20.1 Å². The summed E-state index contributed by atoms with van der Waals surface area (Å²) in [6.45, 7) is 8.18. The van der Waals surface area contributed by atoms with Gasteiger partial charge in [0.05, 0.1) is 5.69 Å². The van der Waals surface area contributed by atoms with E-state index in [0.717, 1.165) is 30.1 Å². The summed E-state index contributed by atoms with van der Waals surface area (Å²) < 4.78 is 5.40. The van der Waals surface area contributed by atoms with Gasteiger partial charge in [-0.3, -0.25) is 4.79 Å². The topological polar surface area (TPSA) is 101 Å². The van der Waals surface area contributed by atoms with E-state index in [1.54, 1.807) is 4.90 Å². The maximum atomic E-state index is 12.6. The number of hydrogen-bond acceptors (Lipinski definition) is 7. The van der Waals surface area contributed by atoms with Gasteiger partial charge in [-0.05, 0) is 34.2 Å². The molecule has 2 aliphatic rings. The molecule has 1 saturated heterocycles. The van der Waals surface area contributed by atoms with Crippen molar-refractivity contribution in [1.29, 1.82) is 0 Å². The standard InChI is InChI=1S/C18H29N5O3S/c1-18(2,3)26-17(25)23-8-6-12(11(19)9-23)20-15(24)16-21-13-5-7-22(4)10-14(13)27-16/h11-12H,5-10,19H2,1-4H3,(H,20,24)/t11?,12-/m0/s1. The molecule has 0 bridgehead atoms. The average Bonchev–Trinajstić information content (AvgIpc) is 2.98. The average molecular weight is 396 g/mol. The van der Waals surface area contributed by atoms with E-state index in [1.807, 2.05) is 20.8 Å². The molecule has 2 amide bonds. The minimum absolute atomic E-state index is 0.178.